The van der Waals surface area contributed by atoms with Crippen molar-refractivity contribution in [2.45, 2.75) is 250 Å². The number of likely N-dealkylation sites (tertiary alicyclic amines) is 2. The van der Waals surface area contributed by atoms with Crippen molar-refractivity contribution in [1.82, 2.24) is 50.2 Å². The Labute approximate surface area is 674 Å². The summed E-state index contributed by atoms with van der Waals surface area (Å²) < 4.78 is 24.4. The number of carbonyl (C=O) groups is 4. The maximum absolute atomic E-state index is 14.0. The van der Waals surface area contributed by atoms with Crippen LogP contribution in [0.1, 0.15) is 202 Å². The Bertz CT molecular complexity index is 4370. The van der Waals surface area contributed by atoms with Gasteiger partial charge in [-0.3, -0.25) is 19.2 Å². The highest BCUT2D eigenvalue weighted by Gasteiger charge is 2.52. The summed E-state index contributed by atoms with van der Waals surface area (Å²) in [6, 6.07) is 20.4. The number of amides is 4. The van der Waals surface area contributed by atoms with Crippen LogP contribution in [0.5, 0.6) is 0 Å². The number of halogens is 1. The van der Waals surface area contributed by atoms with Crippen LogP contribution in [-0.2, 0) is 31.9 Å². The molecule has 6 aromatic rings. The first kappa shape index (κ1) is 87.7. The van der Waals surface area contributed by atoms with Crippen LogP contribution in [0, 0.1) is 41.5 Å². The number of pyridine rings is 4. The van der Waals surface area contributed by atoms with Crippen LogP contribution in [0.4, 0.5) is 32.6 Å². The molecule has 0 spiro atoms. The molecule has 4 amide bonds. The third-order valence-electron chi connectivity index (χ3n) is 22.8. The molecule has 11 rings (SSSR count). The number of carbonyl (C=O) groups excluding carboxylic acids is 4. The molecular formula is C86H126BBrN14O10. The fourth-order valence-electron chi connectivity index (χ4n) is 16.0. The molecule has 610 valence electrons. The number of rotatable bonds is 16. The first-order chi connectivity index (χ1) is 52.5. The second-order valence-electron chi connectivity index (χ2n) is 34.5. The minimum Gasteiger partial charge on any atom is -0.444 e. The molecule has 5 aliphatic heterocycles. The summed E-state index contributed by atoms with van der Waals surface area (Å²) in [5.41, 5.74) is 9.87. The van der Waals surface area contributed by atoms with Crippen molar-refractivity contribution in [2.75, 3.05) is 99.1 Å². The summed E-state index contributed by atoms with van der Waals surface area (Å²) in [5, 5.41) is 5.99. The van der Waals surface area contributed by atoms with Crippen molar-refractivity contribution in [2.24, 2.45) is 0 Å². The Hall–Kier alpha value is -8.30. The van der Waals surface area contributed by atoms with E-state index < -0.39 is 11.2 Å². The average molecular weight is 1610 g/mol. The highest BCUT2D eigenvalue weighted by atomic mass is 79.9. The Morgan fingerprint density at radius 2 is 0.938 bits per heavy atom. The number of benzene rings is 2. The summed E-state index contributed by atoms with van der Waals surface area (Å²) in [7, 11) is 3.97. The zero-order valence-corrected chi connectivity index (χ0v) is 72.8. The van der Waals surface area contributed by atoms with Crippen LogP contribution in [0.3, 0.4) is 0 Å². The summed E-state index contributed by atoms with van der Waals surface area (Å²) in [5.74, 6) is 1.51. The second kappa shape index (κ2) is 36.5. The van der Waals surface area contributed by atoms with Crippen molar-refractivity contribution in [3.8, 4) is 11.1 Å². The number of piperidine rings is 2. The van der Waals surface area contributed by atoms with Gasteiger partial charge in [-0.1, -0.05) is 22.0 Å². The van der Waals surface area contributed by atoms with Gasteiger partial charge < -0.3 is 78.6 Å². The minimum atomic E-state index is -0.569. The number of piperazine rings is 2. The lowest BCUT2D eigenvalue weighted by Crippen LogP contribution is -2.56. The maximum atomic E-state index is 14.0. The number of aromatic nitrogens is 4. The Balaban J connectivity index is 0.000000208. The molecule has 112 heavy (non-hydrogen) atoms. The van der Waals surface area contributed by atoms with E-state index in [1.165, 1.54) is 0 Å². The van der Waals surface area contributed by atoms with E-state index in [1.54, 1.807) is 0 Å². The van der Waals surface area contributed by atoms with Gasteiger partial charge in [0.2, 0.25) is 0 Å². The quantitative estimate of drug-likeness (QED) is 0.0658. The van der Waals surface area contributed by atoms with Gasteiger partial charge in [0.05, 0.1) is 11.2 Å². The number of aromatic amines is 2. The van der Waals surface area contributed by atoms with Gasteiger partial charge in [0.1, 0.15) is 22.8 Å². The van der Waals surface area contributed by atoms with Crippen LogP contribution in [-0.4, -0.2) is 209 Å². The van der Waals surface area contributed by atoms with Gasteiger partial charge in [0.25, 0.3) is 22.9 Å². The lowest BCUT2D eigenvalue weighted by molar-refractivity contribution is -0.00367. The van der Waals surface area contributed by atoms with E-state index in [0.717, 1.165) is 169 Å². The molecule has 26 heteroatoms. The first-order valence-corrected chi connectivity index (χ1v) is 40.9. The van der Waals surface area contributed by atoms with Gasteiger partial charge in [-0.25, -0.2) is 19.6 Å². The SMILES string of the molecule is CCN(c1cc(-c2ccc(N3CCN(C)CC3)nc2)cc(C(=O)NCc2c(C)cc(C)[nH]c2=O)c1C)C1C[C@@H](C)N(C(=O)OC(C)(C)C)[C@H](C)C1.CCN(c1cc(Br)cc(C(=O)NCc2c(C)cc(C)[nH]c2=O)c1C)C1C[C@@H](C)N(C(=O)OC(C)(C)C)[C@H](C)C1.CN1CCN(c2ccc(B3OC(C)(C)C(C)(C)O3)cn2)CC1. The van der Waals surface area contributed by atoms with Crippen LogP contribution in [0.15, 0.2) is 87.1 Å². The zero-order valence-electron chi connectivity index (χ0n) is 71.2. The molecule has 0 aliphatic carbocycles. The molecule has 0 bridgehead atoms. The summed E-state index contributed by atoms with van der Waals surface area (Å²) in [6.07, 6.45) is 6.34. The summed E-state index contributed by atoms with van der Waals surface area (Å²) in [6.45, 7) is 53.4. The molecule has 5 aliphatic rings. The Morgan fingerprint density at radius 3 is 1.29 bits per heavy atom. The highest BCUT2D eigenvalue weighted by Crippen LogP contribution is 2.40. The molecule has 2 aromatic carbocycles. The Morgan fingerprint density at radius 1 is 0.554 bits per heavy atom. The largest absolute Gasteiger partial charge is 0.496 e. The fourth-order valence-corrected chi connectivity index (χ4v) is 16.5. The van der Waals surface area contributed by atoms with Gasteiger partial charge in [0.15, 0.2) is 0 Å². The topological polar surface area (TPSA) is 247 Å². The van der Waals surface area contributed by atoms with Crippen LogP contribution in [0.2, 0.25) is 0 Å². The number of likely N-dealkylation sites (N-methyl/N-ethyl adjacent to an activating group) is 2. The number of ether oxygens (including phenoxy) is 2. The molecule has 4 atom stereocenters. The number of H-pyrrole nitrogens is 2. The van der Waals surface area contributed by atoms with E-state index in [1.807, 2.05) is 130 Å². The average Bonchev–Trinajstić information content (AvgIpc) is 1.37. The van der Waals surface area contributed by atoms with E-state index >= 15 is 0 Å². The smallest absolute Gasteiger partial charge is 0.444 e. The number of anilines is 4. The number of aryl methyl sites for hydroxylation is 4. The minimum absolute atomic E-state index is 0.00807. The van der Waals surface area contributed by atoms with E-state index in [2.05, 4.69) is 191 Å². The molecule has 4 aromatic heterocycles. The highest BCUT2D eigenvalue weighted by molar-refractivity contribution is 9.10. The van der Waals surface area contributed by atoms with Gasteiger partial charge >= 0.3 is 19.3 Å². The third-order valence-corrected chi connectivity index (χ3v) is 23.3. The number of nitrogens with zero attached hydrogens (tertiary/aromatic N) is 10. The maximum Gasteiger partial charge on any atom is 0.496 e. The first-order valence-electron chi connectivity index (χ1n) is 40.1. The predicted molar refractivity (Wildman–Crippen MR) is 454 cm³/mol. The molecular weight excluding hydrogens is 1480 g/mol. The molecule has 0 radical (unpaired) electrons. The molecule has 5 saturated heterocycles. The van der Waals surface area contributed by atoms with Gasteiger partial charge in [-0.05, 0) is 275 Å². The zero-order chi connectivity index (χ0) is 82.4. The van der Waals surface area contributed by atoms with Gasteiger partial charge in [-0.2, -0.15) is 0 Å². The molecule has 4 N–H and O–H groups in total. The standard InChI is InChI=1S/C40H57N7O4.C30H43BrN4O4.C16H26BN3O2/c1-11-46(32-19-27(4)47(28(5)20-32)39(50)51-40(7,8)9)35-22-31(30-12-13-36(41-23-30)45-16-14-44(10)15-17-45)21-33(29(35)6)37(48)42-24-34-25(2)18-26(3)43-38(34)49;1-10-34(23-12-19(4)35(20(5)13-23)29(38)39-30(7,8)9)26-15-22(31)14-24(21(26)6)27(36)32-16-25-17(2)11-18(3)33-28(25)37;1-15(2)16(3,4)22-17(21-15)13-6-7-14(18-12-13)20-10-8-19(5)9-11-20/h12-13,18,21-23,27-28,32H,11,14-17,19-20,24H2,1-10H3,(H,42,48)(H,43,49);11,14-15,19-20,23H,10,12-13,16H2,1-9H3,(H,32,36)(H,33,37);6-7,12H,8-11H2,1-5H3/t27-,28-;19-,20-;/m11./s1. The van der Waals surface area contributed by atoms with Crippen molar-refractivity contribution in [3.63, 3.8) is 0 Å². The molecule has 9 heterocycles. The van der Waals surface area contributed by atoms with Crippen molar-refractivity contribution in [3.05, 3.63) is 154 Å². The van der Waals surface area contributed by atoms with E-state index in [0.29, 0.717) is 22.3 Å². The van der Waals surface area contributed by atoms with Gasteiger partial charge in [-0.15, -0.1) is 0 Å². The fraction of sp³-hybridized carbons (Fsp3) is 0.581. The lowest BCUT2D eigenvalue weighted by atomic mass is 9.80. The normalized spacial score (nSPS) is 20.7. The van der Waals surface area contributed by atoms with E-state index in [4.69, 9.17) is 23.8 Å². The Kier molecular flexibility index (Phi) is 28.5. The molecule has 5 fully saturated rings. The summed E-state index contributed by atoms with van der Waals surface area (Å²) in [4.78, 5) is 112. The van der Waals surface area contributed by atoms with Crippen molar-refractivity contribution < 1.29 is 38.0 Å². The molecule has 24 nitrogen and oxygen atoms in total. The third kappa shape index (κ3) is 21.6. The summed E-state index contributed by atoms with van der Waals surface area (Å²) >= 11 is 3.61. The second-order valence-corrected chi connectivity index (χ2v) is 35.5. The van der Waals surface area contributed by atoms with Crippen LogP contribution < -0.4 is 46.8 Å². The monoisotopic (exact) mass is 1600 g/mol. The van der Waals surface area contributed by atoms with Crippen molar-refractivity contribution in [1.29, 1.82) is 0 Å². The van der Waals surface area contributed by atoms with Crippen molar-refractivity contribution >= 4 is 75.5 Å². The van der Waals surface area contributed by atoms with Crippen LogP contribution in [0.25, 0.3) is 11.1 Å². The number of nitrogens with one attached hydrogen (secondary N) is 4. The number of hydrogen-bond acceptors (Lipinski definition) is 18. The molecule has 0 unspecified atom stereocenters. The number of hydrogen-bond donors (Lipinski definition) is 4. The van der Waals surface area contributed by atoms with E-state index in [9.17, 15) is 28.8 Å². The van der Waals surface area contributed by atoms with Gasteiger partial charge in [0, 0.05) is 188 Å². The lowest BCUT2D eigenvalue weighted by Gasteiger charge is -2.47. The van der Waals surface area contributed by atoms with E-state index in [-0.39, 0.29) is 103 Å². The molecule has 0 saturated carbocycles. The predicted octanol–water partition coefficient (Wildman–Crippen LogP) is 13.2. The van der Waals surface area contributed by atoms with Crippen LogP contribution >= 0.6 is 15.9 Å².